The number of benzene rings is 2. The number of carbonyl (C=O) groups is 5. The SMILES string of the molecule is CC(=O)Oc1ccc(C2Oc3cc(OC(C)=O)cc(OC(C)=O)c3C(OC(C)=O)C2OC(C)=O)cc1. The van der Waals surface area contributed by atoms with Crippen molar-refractivity contribution in [2.45, 2.75) is 52.9 Å². The van der Waals surface area contributed by atoms with Gasteiger partial charge in [0.25, 0.3) is 0 Å². The van der Waals surface area contributed by atoms with E-state index in [9.17, 15) is 24.0 Å². The van der Waals surface area contributed by atoms with Gasteiger partial charge in [-0.1, -0.05) is 12.1 Å². The van der Waals surface area contributed by atoms with Gasteiger partial charge in [-0.05, 0) is 17.7 Å². The molecular formula is C25H24O11. The number of esters is 5. The lowest BCUT2D eigenvalue weighted by atomic mass is 9.90. The van der Waals surface area contributed by atoms with Crippen LogP contribution in [0.3, 0.4) is 0 Å². The fraction of sp³-hybridized carbons (Fsp3) is 0.320. The van der Waals surface area contributed by atoms with Crippen LogP contribution in [0.4, 0.5) is 0 Å². The average Bonchev–Trinajstić information content (AvgIpc) is 2.73. The first-order chi connectivity index (χ1) is 16.9. The topological polar surface area (TPSA) is 141 Å². The predicted octanol–water partition coefficient (Wildman–Crippen LogP) is 3.13. The third-order valence-corrected chi connectivity index (χ3v) is 4.79. The lowest BCUT2D eigenvalue weighted by molar-refractivity contribution is -0.178. The zero-order chi connectivity index (χ0) is 26.6. The first kappa shape index (κ1) is 26.2. The molecule has 3 unspecified atom stereocenters. The maximum atomic E-state index is 12.1. The molecule has 3 atom stereocenters. The monoisotopic (exact) mass is 500 g/mol. The molecular weight excluding hydrogens is 476 g/mol. The van der Waals surface area contributed by atoms with E-state index in [-0.39, 0.29) is 28.6 Å². The van der Waals surface area contributed by atoms with Crippen molar-refractivity contribution in [1.82, 2.24) is 0 Å². The fourth-order valence-corrected chi connectivity index (χ4v) is 3.72. The molecule has 11 nitrogen and oxygen atoms in total. The number of hydrogen-bond donors (Lipinski definition) is 0. The van der Waals surface area contributed by atoms with Crippen LogP contribution in [0.25, 0.3) is 0 Å². The van der Waals surface area contributed by atoms with Crippen LogP contribution < -0.4 is 18.9 Å². The van der Waals surface area contributed by atoms with E-state index < -0.39 is 48.2 Å². The summed E-state index contributed by atoms with van der Waals surface area (Å²) >= 11 is 0. The van der Waals surface area contributed by atoms with Crippen molar-refractivity contribution in [1.29, 1.82) is 0 Å². The Morgan fingerprint density at radius 1 is 0.667 bits per heavy atom. The maximum absolute atomic E-state index is 12.1. The molecule has 0 saturated carbocycles. The Labute approximate surface area is 206 Å². The molecule has 0 aromatic heterocycles. The highest BCUT2D eigenvalue weighted by molar-refractivity contribution is 5.74. The van der Waals surface area contributed by atoms with E-state index in [2.05, 4.69) is 0 Å². The van der Waals surface area contributed by atoms with Crippen molar-refractivity contribution in [3.8, 4) is 23.0 Å². The summed E-state index contributed by atoms with van der Waals surface area (Å²) in [7, 11) is 0. The van der Waals surface area contributed by atoms with Crippen LogP contribution in [0.1, 0.15) is 58.0 Å². The summed E-state index contributed by atoms with van der Waals surface area (Å²) in [5.74, 6) is -2.99. The van der Waals surface area contributed by atoms with Crippen molar-refractivity contribution in [3.05, 3.63) is 47.5 Å². The summed E-state index contributed by atoms with van der Waals surface area (Å²) in [6, 6.07) is 8.82. The van der Waals surface area contributed by atoms with Crippen LogP contribution >= 0.6 is 0 Å². The van der Waals surface area contributed by atoms with E-state index >= 15 is 0 Å². The molecule has 0 aliphatic carbocycles. The lowest BCUT2D eigenvalue weighted by Crippen LogP contribution is -2.40. The Bertz CT molecular complexity index is 1200. The number of carbonyl (C=O) groups excluding carboxylic acids is 5. The molecule has 2 aromatic carbocycles. The van der Waals surface area contributed by atoms with Crippen LogP contribution in [0, 0.1) is 0 Å². The van der Waals surface area contributed by atoms with Gasteiger partial charge in [-0.2, -0.15) is 0 Å². The molecule has 0 spiro atoms. The molecule has 1 aliphatic heterocycles. The van der Waals surface area contributed by atoms with Crippen LogP contribution in [-0.4, -0.2) is 36.0 Å². The molecule has 0 saturated heterocycles. The fourth-order valence-electron chi connectivity index (χ4n) is 3.72. The van der Waals surface area contributed by atoms with E-state index in [1.807, 2.05) is 0 Å². The van der Waals surface area contributed by atoms with E-state index in [1.165, 1.54) is 52.0 Å². The first-order valence-corrected chi connectivity index (χ1v) is 10.8. The summed E-state index contributed by atoms with van der Waals surface area (Å²) in [5, 5.41) is 0. The van der Waals surface area contributed by atoms with Gasteiger partial charge in [0, 0.05) is 46.8 Å². The lowest BCUT2D eigenvalue weighted by Gasteiger charge is -2.39. The van der Waals surface area contributed by atoms with E-state index in [0.717, 1.165) is 6.92 Å². The first-order valence-electron chi connectivity index (χ1n) is 10.8. The van der Waals surface area contributed by atoms with Crippen molar-refractivity contribution in [2.75, 3.05) is 0 Å². The number of ether oxygens (including phenoxy) is 6. The van der Waals surface area contributed by atoms with Crippen molar-refractivity contribution >= 4 is 29.8 Å². The van der Waals surface area contributed by atoms with Crippen molar-refractivity contribution in [3.63, 3.8) is 0 Å². The maximum Gasteiger partial charge on any atom is 0.308 e. The van der Waals surface area contributed by atoms with E-state index in [1.54, 1.807) is 12.1 Å². The largest absolute Gasteiger partial charge is 0.481 e. The van der Waals surface area contributed by atoms with Gasteiger partial charge in [0.15, 0.2) is 18.3 Å². The van der Waals surface area contributed by atoms with Gasteiger partial charge in [-0.25, -0.2) is 0 Å². The van der Waals surface area contributed by atoms with Crippen LogP contribution in [0.2, 0.25) is 0 Å². The molecule has 0 bridgehead atoms. The van der Waals surface area contributed by atoms with Crippen molar-refractivity contribution in [2.24, 2.45) is 0 Å². The smallest absolute Gasteiger partial charge is 0.308 e. The zero-order valence-corrected chi connectivity index (χ0v) is 20.2. The molecule has 3 rings (SSSR count). The Morgan fingerprint density at radius 3 is 1.75 bits per heavy atom. The molecule has 0 fully saturated rings. The molecule has 36 heavy (non-hydrogen) atoms. The van der Waals surface area contributed by atoms with E-state index in [0.29, 0.717) is 5.56 Å². The van der Waals surface area contributed by atoms with Gasteiger partial charge in [0.05, 0.1) is 5.56 Å². The van der Waals surface area contributed by atoms with E-state index in [4.69, 9.17) is 28.4 Å². The second-order valence-electron chi connectivity index (χ2n) is 7.83. The Hall–Kier alpha value is -4.41. The number of rotatable bonds is 6. The third-order valence-electron chi connectivity index (χ3n) is 4.79. The minimum Gasteiger partial charge on any atom is -0.481 e. The number of fused-ring (bicyclic) bond motifs is 1. The second-order valence-corrected chi connectivity index (χ2v) is 7.83. The average molecular weight is 500 g/mol. The minimum atomic E-state index is -1.26. The quantitative estimate of drug-likeness (QED) is 0.427. The third kappa shape index (κ3) is 6.38. The van der Waals surface area contributed by atoms with Crippen LogP contribution in [-0.2, 0) is 33.4 Å². The molecule has 1 aliphatic rings. The molecule has 1 heterocycles. The van der Waals surface area contributed by atoms with Gasteiger partial charge in [-0.3, -0.25) is 24.0 Å². The highest BCUT2D eigenvalue weighted by Gasteiger charge is 2.46. The summed E-state index contributed by atoms with van der Waals surface area (Å²) in [4.78, 5) is 58.7. The number of hydrogen-bond acceptors (Lipinski definition) is 11. The molecule has 190 valence electrons. The Kier molecular flexibility index (Phi) is 7.93. The predicted molar refractivity (Wildman–Crippen MR) is 120 cm³/mol. The van der Waals surface area contributed by atoms with Crippen molar-refractivity contribution < 1.29 is 52.4 Å². The zero-order valence-electron chi connectivity index (χ0n) is 20.2. The Balaban J connectivity index is 2.19. The summed E-state index contributed by atoms with van der Waals surface area (Å²) in [6.45, 7) is 5.96. The summed E-state index contributed by atoms with van der Waals surface area (Å²) in [6.07, 6.45) is -3.48. The van der Waals surface area contributed by atoms with Gasteiger partial charge in [-0.15, -0.1) is 0 Å². The van der Waals surface area contributed by atoms with Gasteiger partial charge in [0.1, 0.15) is 23.0 Å². The molecule has 2 aromatic rings. The highest BCUT2D eigenvalue weighted by Crippen LogP contribution is 2.50. The van der Waals surface area contributed by atoms with Gasteiger partial charge >= 0.3 is 29.8 Å². The molecule has 0 N–H and O–H groups in total. The second kappa shape index (κ2) is 10.9. The van der Waals surface area contributed by atoms with Crippen LogP contribution in [0.15, 0.2) is 36.4 Å². The van der Waals surface area contributed by atoms with Gasteiger partial charge in [0.2, 0.25) is 0 Å². The summed E-state index contributed by atoms with van der Waals surface area (Å²) in [5.41, 5.74) is 0.585. The normalized spacial score (nSPS) is 18.1. The standard InChI is InChI=1S/C25H24O11/c1-12(26)31-18-8-6-17(7-9-18)23-25(35-16(5)30)24(34-15(4)29)22-20(33-14(3)28)10-19(32-13(2)27)11-21(22)36-23/h6-11,23-25H,1-5H3. The molecule has 0 amide bonds. The minimum absolute atomic E-state index is 0.00830. The molecule has 11 heteroatoms. The van der Waals surface area contributed by atoms with Gasteiger partial charge < -0.3 is 28.4 Å². The highest BCUT2D eigenvalue weighted by atomic mass is 16.6. The molecule has 0 radical (unpaired) electrons. The van der Waals surface area contributed by atoms with Crippen LogP contribution in [0.5, 0.6) is 23.0 Å². The Morgan fingerprint density at radius 2 is 1.22 bits per heavy atom. The summed E-state index contributed by atoms with van der Waals surface area (Å²) < 4.78 is 32.7.